The van der Waals surface area contributed by atoms with Crippen molar-refractivity contribution < 1.29 is 13.2 Å². The van der Waals surface area contributed by atoms with Gasteiger partial charge >= 0.3 is 0 Å². The lowest BCUT2D eigenvalue weighted by Crippen LogP contribution is -2.40. The third-order valence-corrected chi connectivity index (χ3v) is 6.82. The maximum absolute atomic E-state index is 12.8. The Labute approximate surface area is 174 Å². The largest absolute Gasteiger partial charge is 0.305 e. The molecule has 0 atom stereocenters. The number of hydrogen-bond acceptors (Lipinski definition) is 5. The highest BCUT2D eigenvalue weighted by Gasteiger charge is 2.23. The van der Waals surface area contributed by atoms with Crippen LogP contribution in [0.3, 0.4) is 0 Å². The van der Waals surface area contributed by atoms with Crippen LogP contribution in [-0.4, -0.2) is 30.1 Å². The molecular weight excluding hydrogens is 408 g/mol. The first kappa shape index (κ1) is 21.2. The molecule has 3 rings (SSSR count). The van der Waals surface area contributed by atoms with Gasteiger partial charge in [-0.25, -0.2) is 13.1 Å². The van der Waals surface area contributed by atoms with Gasteiger partial charge in [0.05, 0.1) is 15.5 Å². The number of benzene rings is 1. The molecule has 3 aromatic rings. The van der Waals surface area contributed by atoms with Gasteiger partial charge in [-0.2, -0.15) is 5.10 Å². The highest BCUT2D eigenvalue weighted by Crippen LogP contribution is 2.27. The van der Waals surface area contributed by atoms with Crippen molar-refractivity contribution in [1.82, 2.24) is 14.9 Å². The molecule has 2 aromatic heterocycles. The molecule has 0 saturated heterocycles. The number of sulfonamides is 1. The van der Waals surface area contributed by atoms with Gasteiger partial charge in [-0.3, -0.25) is 9.89 Å². The number of aryl methyl sites for hydroxylation is 2. The minimum absolute atomic E-state index is 0.0416. The number of hydrogen-bond donors (Lipinski definition) is 3. The minimum Gasteiger partial charge on any atom is -0.305 e. The zero-order chi connectivity index (χ0) is 21.4. The van der Waals surface area contributed by atoms with Crippen molar-refractivity contribution in [2.45, 2.75) is 45.1 Å². The maximum atomic E-state index is 12.8. The van der Waals surface area contributed by atoms with Crippen LogP contribution < -0.4 is 10.0 Å². The SMILES string of the molecule is Cc1ccc(-c2cc(NC(=O)c3cc(S(=O)(=O)NC(C)(C)C)ccc3C)n[nH]2)s1. The molecule has 0 saturated carbocycles. The van der Waals surface area contributed by atoms with E-state index in [-0.39, 0.29) is 10.5 Å². The molecule has 0 fully saturated rings. The summed E-state index contributed by atoms with van der Waals surface area (Å²) in [6, 6.07) is 10.2. The Hall–Kier alpha value is -2.49. The fourth-order valence-corrected chi connectivity index (χ4v) is 5.03. The first-order valence-corrected chi connectivity index (χ1v) is 11.3. The lowest BCUT2D eigenvalue weighted by molar-refractivity contribution is 0.102. The lowest BCUT2D eigenvalue weighted by Gasteiger charge is -2.20. The standard InChI is InChI=1S/C20H24N4O3S2/c1-12-6-8-14(29(26,27)24-20(3,4)5)10-15(12)19(25)21-18-11-16(22-23-18)17-9-7-13(2)28-17/h6-11,24H,1-5H3,(H2,21,22,23,25). The summed E-state index contributed by atoms with van der Waals surface area (Å²) in [6.07, 6.45) is 0. The Balaban J connectivity index is 1.83. The lowest BCUT2D eigenvalue weighted by atomic mass is 10.1. The van der Waals surface area contributed by atoms with Gasteiger partial charge in [-0.05, 0) is 64.4 Å². The summed E-state index contributed by atoms with van der Waals surface area (Å²) in [5.41, 5.74) is 1.12. The number of carbonyl (C=O) groups excluding carboxylic acids is 1. The zero-order valence-electron chi connectivity index (χ0n) is 17.0. The molecule has 0 radical (unpaired) electrons. The molecule has 0 spiro atoms. The molecule has 29 heavy (non-hydrogen) atoms. The number of thiophene rings is 1. The molecule has 0 aliphatic rings. The number of amides is 1. The van der Waals surface area contributed by atoms with E-state index in [0.29, 0.717) is 11.4 Å². The summed E-state index contributed by atoms with van der Waals surface area (Å²) in [5, 5.41) is 9.77. The summed E-state index contributed by atoms with van der Waals surface area (Å²) in [7, 11) is -3.74. The molecule has 2 heterocycles. The molecular formula is C20H24N4O3S2. The van der Waals surface area contributed by atoms with Gasteiger partial charge in [0, 0.05) is 22.0 Å². The molecule has 9 heteroatoms. The molecule has 0 bridgehead atoms. The second kappa shape index (κ2) is 7.74. The number of aromatic amines is 1. The monoisotopic (exact) mass is 432 g/mol. The van der Waals surface area contributed by atoms with Crippen LogP contribution in [0.5, 0.6) is 0 Å². The third-order valence-electron chi connectivity index (χ3n) is 4.03. The van der Waals surface area contributed by atoms with E-state index in [1.165, 1.54) is 17.0 Å². The fourth-order valence-electron chi connectivity index (χ4n) is 2.75. The average Bonchev–Trinajstić information content (AvgIpc) is 3.21. The van der Waals surface area contributed by atoms with Crippen LogP contribution in [0, 0.1) is 13.8 Å². The summed E-state index contributed by atoms with van der Waals surface area (Å²) in [4.78, 5) is 15.0. The predicted molar refractivity (Wildman–Crippen MR) is 116 cm³/mol. The Kier molecular flexibility index (Phi) is 5.66. The summed E-state index contributed by atoms with van der Waals surface area (Å²) < 4.78 is 27.8. The Morgan fingerprint density at radius 2 is 1.83 bits per heavy atom. The number of aromatic nitrogens is 2. The van der Waals surface area contributed by atoms with Gasteiger partial charge in [-0.1, -0.05) is 6.07 Å². The number of carbonyl (C=O) groups is 1. The van der Waals surface area contributed by atoms with Crippen LogP contribution in [0.15, 0.2) is 41.3 Å². The van der Waals surface area contributed by atoms with Crippen LogP contribution >= 0.6 is 11.3 Å². The van der Waals surface area contributed by atoms with Crippen molar-refractivity contribution in [1.29, 1.82) is 0 Å². The van der Waals surface area contributed by atoms with Crippen LogP contribution in [0.25, 0.3) is 10.6 Å². The molecule has 0 unspecified atom stereocenters. The van der Waals surface area contributed by atoms with Crippen molar-refractivity contribution in [3.8, 4) is 10.6 Å². The van der Waals surface area contributed by atoms with E-state index < -0.39 is 21.5 Å². The van der Waals surface area contributed by atoms with E-state index in [1.54, 1.807) is 51.2 Å². The van der Waals surface area contributed by atoms with E-state index in [0.717, 1.165) is 10.6 Å². The van der Waals surface area contributed by atoms with Crippen LogP contribution in [0.4, 0.5) is 5.82 Å². The first-order valence-electron chi connectivity index (χ1n) is 9.03. The number of anilines is 1. The van der Waals surface area contributed by atoms with Gasteiger partial charge in [0.25, 0.3) is 5.91 Å². The quantitative estimate of drug-likeness (QED) is 0.565. The smallest absolute Gasteiger partial charge is 0.257 e. The molecule has 154 valence electrons. The van der Waals surface area contributed by atoms with Gasteiger partial charge < -0.3 is 5.32 Å². The zero-order valence-corrected chi connectivity index (χ0v) is 18.6. The van der Waals surface area contributed by atoms with Gasteiger partial charge in [0.1, 0.15) is 0 Å². The van der Waals surface area contributed by atoms with E-state index in [2.05, 4.69) is 20.2 Å². The van der Waals surface area contributed by atoms with Crippen LogP contribution in [0.1, 0.15) is 41.6 Å². The predicted octanol–water partition coefficient (Wildman–Crippen LogP) is 4.08. The molecule has 1 aromatic carbocycles. The number of nitrogens with one attached hydrogen (secondary N) is 3. The highest BCUT2D eigenvalue weighted by molar-refractivity contribution is 7.89. The second-order valence-corrected chi connectivity index (χ2v) is 10.8. The second-order valence-electron chi connectivity index (χ2n) is 7.86. The summed E-state index contributed by atoms with van der Waals surface area (Å²) in [5.74, 6) is -0.0488. The molecule has 3 N–H and O–H groups in total. The van der Waals surface area contributed by atoms with Crippen molar-refractivity contribution in [3.05, 3.63) is 52.4 Å². The minimum atomic E-state index is -3.74. The van der Waals surface area contributed by atoms with Crippen molar-refractivity contribution in [2.24, 2.45) is 0 Å². The molecule has 1 amide bonds. The van der Waals surface area contributed by atoms with Crippen molar-refractivity contribution in [2.75, 3.05) is 5.32 Å². The van der Waals surface area contributed by atoms with Crippen LogP contribution in [0.2, 0.25) is 0 Å². The summed E-state index contributed by atoms with van der Waals surface area (Å²) in [6.45, 7) is 9.06. The normalized spacial score (nSPS) is 12.2. The fraction of sp³-hybridized carbons (Fsp3) is 0.300. The van der Waals surface area contributed by atoms with Gasteiger partial charge in [0.2, 0.25) is 10.0 Å². The average molecular weight is 433 g/mol. The number of H-pyrrole nitrogens is 1. The number of nitrogens with zero attached hydrogens (tertiary/aromatic N) is 1. The van der Waals surface area contributed by atoms with E-state index in [4.69, 9.17) is 0 Å². The van der Waals surface area contributed by atoms with E-state index in [9.17, 15) is 13.2 Å². The van der Waals surface area contributed by atoms with E-state index >= 15 is 0 Å². The molecule has 0 aliphatic heterocycles. The maximum Gasteiger partial charge on any atom is 0.257 e. The summed E-state index contributed by atoms with van der Waals surface area (Å²) >= 11 is 1.62. The van der Waals surface area contributed by atoms with Crippen molar-refractivity contribution in [3.63, 3.8) is 0 Å². The Bertz CT molecular complexity index is 1150. The topological polar surface area (TPSA) is 104 Å². The van der Waals surface area contributed by atoms with Crippen molar-refractivity contribution >= 4 is 33.1 Å². The Morgan fingerprint density at radius 1 is 1.10 bits per heavy atom. The first-order chi connectivity index (χ1) is 13.4. The highest BCUT2D eigenvalue weighted by atomic mass is 32.2. The Morgan fingerprint density at radius 3 is 2.45 bits per heavy atom. The molecule has 0 aliphatic carbocycles. The van der Waals surface area contributed by atoms with Gasteiger partial charge in [0.15, 0.2) is 5.82 Å². The van der Waals surface area contributed by atoms with Gasteiger partial charge in [-0.15, -0.1) is 11.3 Å². The van der Waals surface area contributed by atoms with E-state index in [1.807, 2.05) is 19.1 Å². The third kappa shape index (κ3) is 5.11. The van der Waals surface area contributed by atoms with Crippen LogP contribution in [-0.2, 0) is 10.0 Å². The number of rotatable bonds is 5. The molecule has 7 nitrogen and oxygen atoms in total.